The molecule has 0 rings (SSSR count). The molecule has 0 radical (unpaired) electrons. The fourth-order valence-corrected chi connectivity index (χ4v) is 2.74. The van der Waals surface area contributed by atoms with Gasteiger partial charge < -0.3 is 0 Å². The number of hydrogen-bond donors (Lipinski definition) is 0. The minimum Gasteiger partial charge on any atom is -0.0651 e. The molecule has 0 saturated carbocycles. The van der Waals surface area contributed by atoms with Crippen LogP contribution < -0.4 is 0 Å². The molecule has 98 valence electrons. The lowest BCUT2D eigenvalue weighted by Crippen LogP contribution is -2.16. The Morgan fingerprint density at radius 3 is 1.56 bits per heavy atom. The van der Waals surface area contributed by atoms with Crippen LogP contribution in [0.2, 0.25) is 0 Å². The van der Waals surface area contributed by atoms with Crippen molar-refractivity contribution >= 4 is 0 Å². The van der Waals surface area contributed by atoms with Gasteiger partial charge in [0, 0.05) is 0 Å². The molecule has 0 aliphatic heterocycles. The van der Waals surface area contributed by atoms with Crippen LogP contribution in [0, 0.1) is 29.6 Å². The van der Waals surface area contributed by atoms with Gasteiger partial charge in [-0.15, -0.1) is 0 Å². The molecule has 0 nitrogen and oxygen atoms in total. The van der Waals surface area contributed by atoms with Crippen molar-refractivity contribution in [2.24, 2.45) is 29.6 Å². The summed E-state index contributed by atoms with van der Waals surface area (Å²) in [5.41, 5.74) is 0. The van der Waals surface area contributed by atoms with Crippen molar-refractivity contribution in [3.8, 4) is 0 Å². The summed E-state index contributed by atoms with van der Waals surface area (Å²) in [4.78, 5) is 0. The number of rotatable bonds is 8. The highest BCUT2D eigenvalue weighted by Crippen LogP contribution is 2.30. The fourth-order valence-electron chi connectivity index (χ4n) is 2.74. The van der Waals surface area contributed by atoms with Gasteiger partial charge in [-0.05, 0) is 48.9 Å². The van der Waals surface area contributed by atoms with Crippen LogP contribution in [0.15, 0.2) is 0 Å². The number of hydrogen-bond acceptors (Lipinski definition) is 0. The van der Waals surface area contributed by atoms with E-state index in [1.54, 1.807) is 0 Å². The summed E-state index contributed by atoms with van der Waals surface area (Å²) in [5, 5.41) is 0. The maximum Gasteiger partial charge on any atom is -0.0386 e. The molecule has 0 bridgehead atoms. The van der Waals surface area contributed by atoms with E-state index >= 15 is 0 Å². The van der Waals surface area contributed by atoms with E-state index in [1.165, 1.54) is 25.7 Å². The molecular weight excluding hydrogens is 192 g/mol. The third kappa shape index (κ3) is 7.30. The van der Waals surface area contributed by atoms with E-state index in [1.807, 2.05) is 0 Å². The molecule has 0 heterocycles. The van der Waals surface area contributed by atoms with E-state index in [0.29, 0.717) is 0 Å². The Bertz CT molecular complexity index is 157. The fraction of sp³-hybridized carbons (Fsp3) is 1.00. The van der Waals surface area contributed by atoms with Crippen molar-refractivity contribution in [1.82, 2.24) is 0 Å². The minimum atomic E-state index is 0.851. The van der Waals surface area contributed by atoms with Crippen molar-refractivity contribution in [1.29, 1.82) is 0 Å². The zero-order chi connectivity index (χ0) is 12.7. The van der Waals surface area contributed by atoms with Gasteiger partial charge in [0.1, 0.15) is 0 Å². The minimum absolute atomic E-state index is 0.851. The molecule has 0 amide bonds. The first-order chi connectivity index (χ1) is 7.36. The Morgan fingerprint density at radius 1 is 0.688 bits per heavy atom. The average molecular weight is 226 g/mol. The van der Waals surface area contributed by atoms with Gasteiger partial charge in [-0.3, -0.25) is 0 Å². The molecule has 0 saturated heterocycles. The van der Waals surface area contributed by atoms with Crippen molar-refractivity contribution in [3.05, 3.63) is 0 Å². The Morgan fingerprint density at radius 2 is 1.19 bits per heavy atom. The quantitative estimate of drug-likeness (QED) is 0.493. The van der Waals surface area contributed by atoms with Gasteiger partial charge in [-0.1, -0.05) is 54.9 Å². The van der Waals surface area contributed by atoms with Crippen molar-refractivity contribution in [2.75, 3.05) is 0 Å². The van der Waals surface area contributed by atoms with Gasteiger partial charge in [0.05, 0.1) is 0 Å². The van der Waals surface area contributed by atoms with Gasteiger partial charge >= 0.3 is 0 Å². The standard InChI is InChI=1S/C16H34/c1-8-14(6)10-16(13(4)5)11-15(7)9-12(2)3/h12-16H,8-11H2,1-7H3. The molecule has 0 aromatic heterocycles. The highest BCUT2D eigenvalue weighted by molar-refractivity contribution is 4.70. The van der Waals surface area contributed by atoms with Crippen LogP contribution in [0.25, 0.3) is 0 Å². The van der Waals surface area contributed by atoms with Crippen LogP contribution >= 0.6 is 0 Å². The molecule has 0 N–H and O–H groups in total. The first-order valence-electron chi connectivity index (χ1n) is 7.36. The van der Waals surface area contributed by atoms with Crippen molar-refractivity contribution in [3.63, 3.8) is 0 Å². The van der Waals surface area contributed by atoms with Gasteiger partial charge in [0.15, 0.2) is 0 Å². The Labute approximate surface area is 104 Å². The average Bonchev–Trinajstić information content (AvgIpc) is 2.14. The summed E-state index contributed by atoms with van der Waals surface area (Å²) in [6.07, 6.45) is 5.59. The second-order valence-electron chi connectivity index (χ2n) is 6.72. The summed E-state index contributed by atoms with van der Waals surface area (Å²) in [5.74, 6) is 4.44. The molecule has 0 spiro atoms. The highest BCUT2D eigenvalue weighted by atomic mass is 14.2. The van der Waals surface area contributed by atoms with E-state index < -0.39 is 0 Å². The van der Waals surface area contributed by atoms with Crippen LogP contribution in [0.4, 0.5) is 0 Å². The van der Waals surface area contributed by atoms with Gasteiger partial charge in [-0.2, -0.15) is 0 Å². The van der Waals surface area contributed by atoms with Crippen LogP contribution in [0.1, 0.15) is 74.1 Å². The largest absolute Gasteiger partial charge is 0.0651 e. The molecule has 0 fully saturated rings. The topological polar surface area (TPSA) is 0 Å². The van der Waals surface area contributed by atoms with Gasteiger partial charge in [-0.25, -0.2) is 0 Å². The predicted octanol–water partition coefficient (Wildman–Crippen LogP) is 5.77. The maximum atomic E-state index is 2.44. The highest BCUT2D eigenvalue weighted by Gasteiger charge is 2.19. The zero-order valence-corrected chi connectivity index (χ0v) is 12.7. The lowest BCUT2D eigenvalue weighted by atomic mass is 9.79. The van der Waals surface area contributed by atoms with E-state index in [-0.39, 0.29) is 0 Å². The summed E-state index contributed by atoms with van der Waals surface area (Å²) in [6, 6.07) is 0. The van der Waals surface area contributed by atoms with Crippen LogP contribution in [-0.4, -0.2) is 0 Å². The summed E-state index contributed by atoms with van der Waals surface area (Å²) in [6.45, 7) is 16.6. The molecule has 3 unspecified atom stereocenters. The van der Waals surface area contributed by atoms with Crippen molar-refractivity contribution in [2.45, 2.75) is 74.1 Å². The molecule has 3 atom stereocenters. The van der Waals surface area contributed by atoms with E-state index in [4.69, 9.17) is 0 Å². The summed E-state index contributed by atoms with van der Waals surface area (Å²) < 4.78 is 0. The normalized spacial score (nSPS) is 17.8. The summed E-state index contributed by atoms with van der Waals surface area (Å²) in [7, 11) is 0. The smallest absolute Gasteiger partial charge is 0.0386 e. The van der Waals surface area contributed by atoms with Crippen molar-refractivity contribution < 1.29 is 0 Å². The molecule has 0 aromatic rings. The molecule has 16 heavy (non-hydrogen) atoms. The predicted molar refractivity (Wildman–Crippen MR) is 75.6 cm³/mol. The molecule has 0 aromatic carbocycles. The Hall–Kier alpha value is 0. The van der Waals surface area contributed by atoms with E-state index in [9.17, 15) is 0 Å². The van der Waals surface area contributed by atoms with Crippen LogP contribution in [0.3, 0.4) is 0 Å². The second-order valence-corrected chi connectivity index (χ2v) is 6.72. The third-order valence-electron chi connectivity index (χ3n) is 3.92. The first kappa shape index (κ1) is 16.0. The Kier molecular flexibility index (Phi) is 8.14. The van der Waals surface area contributed by atoms with E-state index in [2.05, 4.69) is 48.5 Å². The lowest BCUT2D eigenvalue weighted by Gasteiger charge is -2.27. The molecule has 0 heteroatoms. The van der Waals surface area contributed by atoms with Crippen LogP contribution in [-0.2, 0) is 0 Å². The Balaban J connectivity index is 4.12. The summed E-state index contributed by atoms with van der Waals surface area (Å²) >= 11 is 0. The zero-order valence-electron chi connectivity index (χ0n) is 12.7. The van der Waals surface area contributed by atoms with Crippen LogP contribution in [0.5, 0.6) is 0 Å². The van der Waals surface area contributed by atoms with Gasteiger partial charge in [0.25, 0.3) is 0 Å². The molecule has 0 aliphatic rings. The second kappa shape index (κ2) is 8.14. The maximum absolute atomic E-state index is 2.44. The first-order valence-corrected chi connectivity index (χ1v) is 7.36. The molecule has 0 aliphatic carbocycles. The lowest BCUT2D eigenvalue weighted by molar-refractivity contribution is 0.238. The van der Waals surface area contributed by atoms with E-state index in [0.717, 1.165) is 29.6 Å². The SMILES string of the molecule is CCC(C)CC(CC(C)CC(C)C)C(C)C. The van der Waals surface area contributed by atoms with Gasteiger partial charge in [0.2, 0.25) is 0 Å². The third-order valence-corrected chi connectivity index (χ3v) is 3.92. The monoisotopic (exact) mass is 226 g/mol. The molecular formula is C16H34.